The number of nitrogens with one attached hydrogen (secondary N) is 2. The van der Waals surface area contributed by atoms with Crippen LogP contribution in [0.3, 0.4) is 0 Å². The minimum absolute atomic E-state index is 0.264. The highest BCUT2D eigenvalue weighted by molar-refractivity contribution is 5.93. The second-order valence-electron chi connectivity index (χ2n) is 5.41. The highest BCUT2D eigenvalue weighted by atomic mass is 19.1. The van der Waals surface area contributed by atoms with Crippen molar-refractivity contribution in [3.63, 3.8) is 0 Å². The molecule has 0 unspecified atom stereocenters. The molecule has 0 radical (unpaired) electrons. The molecule has 6 heteroatoms. The largest absolute Gasteiger partial charge is 0.381 e. The number of aromatic nitrogens is 2. The van der Waals surface area contributed by atoms with Gasteiger partial charge in [-0.15, -0.1) is 0 Å². The maximum absolute atomic E-state index is 12.9. The molecule has 126 valence electrons. The Morgan fingerprint density at radius 2 is 1.80 bits per heavy atom. The van der Waals surface area contributed by atoms with Crippen molar-refractivity contribution in [2.75, 3.05) is 5.32 Å². The van der Waals surface area contributed by atoms with E-state index in [9.17, 15) is 9.18 Å². The van der Waals surface area contributed by atoms with E-state index >= 15 is 0 Å². The number of halogens is 1. The summed E-state index contributed by atoms with van der Waals surface area (Å²) in [6.07, 6.45) is 3.25. The molecule has 0 fully saturated rings. The summed E-state index contributed by atoms with van der Waals surface area (Å²) in [4.78, 5) is 20.5. The Bertz CT molecular complexity index is 838. The Balaban J connectivity index is 1.58. The first-order valence-corrected chi connectivity index (χ1v) is 7.83. The summed E-state index contributed by atoms with van der Waals surface area (Å²) in [5.74, 6) is -0.532. The average molecular weight is 336 g/mol. The Hall–Kier alpha value is -3.28. The van der Waals surface area contributed by atoms with Gasteiger partial charge in [0.15, 0.2) is 0 Å². The van der Waals surface area contributed by atoms with Crippen LogP contribution in [-0.4, -0.2) is 15.9 Å². The van der Waals surface area contributed by atoms with Crippen LogP contribution in [0.15, 0.2) is 67.0 Å². The van der Waals surface area contributed by atoms with E-state index in [1.165, 1.54) is 12.1 Å². The number of hydrogen-bond donors (Lipinski definition) is 2. The molecule has 2 N–H and O–H groups in total. The molecule has 3 aromatic rings. The zero-order chi connectivity index (χ0) is 17.5. The van der Waals surface area contributed by atoms with Crippen LogP contribution in [0, 0.1) is 5.82 Å². The lowest BCUT2D eigenvalue weighted by molar-refractivity contribution is 0.0945. The fourth-order valence-electron chi connectivity index (χ4n) is 2.24. The summed E-state index contributed by atoms with van der Waals surface area (Å²) in [5, 5.41) is 5.98. The first kappa shape index (κ1) is 16.6. The van der Waals surface area contributed by atoms with Gasteiger partial charge in [-0.2, -0.15) is 0 Å². The summed E-state index contributed by atoms with van der Waals surface area (Å²) in [5.41, 5.74) is 2.81. The van der Waals surface area contributed by atoms with Gasteiger partial charge in [0.25, 0.3) is 5.91 Å². The summed E-state index contributed by atoms with van der Waals surface area (Å²) in [7, 11) is 0. The number of pyridine rings is 2. The Morgan fingerprint density at radius 3 is 2.56 bits per heavy atom. The van der Waals surface area contributed by atoms with Crippen molar-refractivity contribution in [3.8, 4) is 0 Å². The fraction of sp³-hybridized carbons (Fsp3) is 0.105. The molecule has 1 amide bonds. The normalized spacial score (nSPS) is 10.3. The monoisotopic (exact) mass is 336 g/mol. The van der Waals surface area contributed by atoms with E-state index < -0.39 is 0 Å². The number of benzene rings is 1. The molecule has 0 atom stereocenters. The van der Waals surface area contributed by atoms with E-state index in [1.54, 1.807) is 36.7 Å². The predicted molar refractivity (Wildman–Crippen MR) is 93.4 cm³/mol. The number of rotatable bonds is 6. The van der Waals surface area contributed by atoms with Crippen molar-refractivity contribution in [1.29, 1.82) is 0 Å². The molecule has 0 spiro atoms. The van der Waals surface area contributed by atoms with Crippen molar-refractivity contribution in [2.45, 2.75) is 13.1 Å². The van der Waals surface area contributed by atoms with E-state index in [2.05, 4.69) is 20.6 Å². The molecule has 0 aliphatic rings. The van der Waals surface area contributed by atoms with E-state index in [1.807, 2.05) is 18.2 Å². The number of nitrogens with zero attached hydrogens (tertiary/aromatic N) is 2. The predicted octanol–water partition coefficient (Wildman–Crippen LogP) is 3.16. The van der Waals surface area contributed by atoms with Crippen LogP contribution in [0.1, 0.15) is 21.7 Å². The maximum Gasteiger partial charge on any atom is 0.270 e. The van der Waals surface area contributed by atoms with E-state index in [0.29, 0.717) is 18.8 Å². The van der Waals surface area contributed by atoms with Crippen LogP contribution in [0.25, 0.3) is 0 Å². The van der Waals surface area contributed by atoms with Gasteiger partial charge in [-0.3, -0.25) is 14.8 Å². The number of carbonyl (C=O) groups is 1. The van der Waals surface area contributed by atoms with Crippen LogP contribution in [-0.2, 0) is 13.1 Å². The molecule has 0 aliphatic carbocycles. The van der Waals surface area contributed by atoms with Crippen LogP contribution >= 0.6 is 0 Å². The van der Waals surface area contributed by atoms with Gasteiger partial charge >= 0.3 is 0 Å². The summed E-state index contributed by atoms with van der Waals surface area (Å²) >= 11 is 0. The first-order chi connectivity index (χ1) is 12.2. The van der Waals surface area contributed by atoms with Crippen LogP contribution in [0.4, 0.5) is 10.1 Å². The van der Waals surface area contributed by atoms with Gasteiger partial charge in [-0.1, -0.05) is 18.2 Å². The number of amides is 1. The fourth-order valence-corrected chi connectivity index (χ4v) is 2.24. The molecule has 0 aliphatic heterocycles. The second kappa shape index (κ2) is 8.01. The van der Waals surface area contributed by atoms with Gasteiger partial charge in [-0.05, 0) is 42.0 Å². The number of carbonyl (C=O) groups excluding carboxylic acids is 1. The lowest BCUT2D eigenvalue weighted by atomic mass is 10.2. The van der Waals surface area contributed by atoms with Gasteiger partial charge in [-0.25, -0.2) is 4.39 Å². The van der Waals surface area contributed by atoms with Gasteiger partial charge in [0.1, 0.15) is 11.5 Å². The highest BCUT2D eigenvalue weighted by Crippen LogP contribution is 2.11. The van der Waals surface area contributed by atoms with Crippen molar-refractivity contribution < 1.29 is 9.18 Å². The van der Waals surface area contributed by atoms with Crippen molar-refractivity contribution in [1.82, 2.24) is 15.3 Å². The second-order valence-corrected chi connectivity index (χ2v) is 5.41. The Morgan fingerprint density at radius 1 is 0.960 bits per heavy atom. The molecular weight excluding hydrogens is 319 g/mol. The molecule has 2 heterocycles. The molecule has 3 rings (SSSR count). The molecule has 2 aromatic heterocycles. The first-order valence-electron chi connectivity index (χ1n) is 7.83. The lowest BCUT2D eigenvalue weighted by Gasteiger charge is -2.08. The lowest BCUT2D eigenvalue weighted by Crippen LogP contribution is -2.24. The van der Waals surface area contributed by atoms with Crippen LogP contribution < -0.4 is 10.6 Å². The zero-order valence-corrected chi connectivity index (χ0v) is 13.4. The SMILES string of the molecule is O=C(NCc1ccccn1)c1cc(NCc2ccc(F)cc2)ccn1. The minimum atomic E-state index is -0.268. The highest BCUT2D eigenvalue weighted by Gasteiger charge is 2.08. The van der Waals surface area contributed by atoms with Gasteiger partial charge in [0.05, 0.1) is 12.2 Å². The molecule has 0 saturated heterocycles. The van der Waals surface area contributed by atoms with Crippen molar-refractivity contribution in [2.24, 2.45) is 0 Å². The van der Waals surface area contributed by atoms with Crippen molar-refractivity contribution >= 4 is 11.6 Å². The Labute approximate surface area is 145 Å². The quantitative estimate of drug-likeness (QED) is 0.726. The van der Waals surface area contributed by atoms with Crippen LogP contribution in [0.5, 0.6) is 0 Å². The van der Waals surface area contributed by atoms with Gasteiger partial charge < -0.3 is 10.6 Å². The standard InChI is InChI=1S/C19H17FN4O/c20-15-6-4-14(5-7-15)12-23-16-8-10-22-18(11-16)19(25)24-13-17-3-1-2-9-21-17/h1-11H,12-13H2,(H,22,23)(H,24,25). The molecule has 25 heavy (non-hydrogen) atoms. The number of hydrogen-bond acceptors (Lipinski definition) is 4. The summed E-state index contributed by atoms with van der Waals surface area (Å²) in [6, 6.07) is 15.2. The smallest absolute Gasteiger partial charge is 0.270 e. The molecule has 5 nitrogen and oxygen atoms in total. The molecule has 0 saturated carbocycles. The molecule has 1 aromatic carbocycles. The summed E-state index contributed by atoms with van der Waals surface area (Å²) < 4.78 is 12.9. The van der Waals surface area contributed by atoms with Crippen LogP contribution in [0.2, 0.25) is 0 Å². The van der Waals surface area contributed by atoms with E-state index in [0.717, 1.165) is 16.9 Å². The molecule has 0 bridgehead atoms. The van der Waals surface area contributed by atoms with E-state index in [-0.39, 0.29) is 11.7 Å². The molecular formula is C19H17FN4O. The third-order valence-electron chi connectivity index (χ3n) is 3.56. The summed E-state index contributed by atoms with van der Waals surface area (Å²) in [6.45, 7) is 0.869. The van der Waals surface area contributed by atoms with Gasteiger partial charge in [0, 0.05) is 24.6 Å². The minimum Gasteiger partial charge on any atom is -0.381 e. The van der Waals surface area contributed by atoms with Crippen molar-refractivity contribution in [3.05, 3.63) is 89.8 Å². The third kappa shape index (κ3) is 4.84. The number of anilines is 1. The third-order valence-corrected chi connectivity index (χ3v) is 3.56. The zero-order valence-electron chi connectivity index (χ0n) is 13.4. The Kier molecular flexibility index (Phi) is 5.31. The average Bonchev–Trinajstić information content (AvgIpc) is 2.67. The van der Waals surface area contributed by atoms with Gasteiger partial charge in [0.2, 0.25) is 0 Å². The maximum atomic E-state index is 12.9. The topological polar surface area (TPSA) is 66.9 Å². The van der Waals surface area contributed by atoms with E-state index in [4.69, 9.17) is 0 Å².